The molecule has 3 aromatic carbocycles. The Labute approximate surface area is 212 Å². The highest BCUT2D eigenvalue weighted by Gasteiger charge is 2.19. The number of nitrogens with zero attached hydrogens (tertiary/aromatic N) is 3. The third-order valence-electron chi connectivity index (χ3n) is 5.12. The fraction of sp³-hybridized carbons (Fsp3) is 0.115. The monoisotopic (exact) mass is 503 g/mol. The number of methoxy groups -OCH3 is 1. The molecule has 3 rings (SSSR count). The highest BCUT2D eigenvalue weighted by Crippen LogP contribution is 2.36. The van der Waals surface area contributed by atoms with E-state index in [0.717, 1.165) is 18.0 Å². The molecule has 0 aliphatic rings. The van der Waals surface area contributed by atoms with Crippen molar-refractivity contribution >= 4 is 35.5 Å². The number of hydrogen-bond donors (Lipinski definition) is 3. The quantitative estimate of drug-likeness (QED) is 0.176. The van der Waals surface area contributed by atoms with Crippen LogP contribution >= 0.6 is 0 Å². The molecule has 11 heteroatoms. The zero-order valence-electron chi connectivity index (χ0n) is 20.3. The van der Waals surface area contributed by atoms with Gasteiger partial charge in [-0.15, -0.1) is 0 Å². The molecule has 0 saturated carbocycles. The van der Waals surface area contributed by atoms with Gasteiger partial charge in [-0.05, 0) is 42.0 Å². The minimum Gasteiger partial charge on any atom is -0.500 e. The number of phenols is 1. The summed E-state index contributed by atoms with van der Waals surface area (Å²) in [6, 6.07) is 18.1. The van der Waals surface area contributed by atoms with Crippen LogP contribution < -0.4 is 20.4 Å². The molecule has 0 atom stereocenters. The van der Waals surface area contributed by atoms with Gasteiger partial charge in [-0.2, -0.15) is 5.10 Å². The van der Waals surface area contributed by atoms with E-state index in [9.17, 15) is 24.8 Å². The molecule has 0 aliphatic carbocycles. The number of aromatic hydroxyl groups is 1. The number of carbonyl (C=O) groups is 2. The maximum absolute atomic E-state index is 12.9. The zero-order valence-corrected chi connectivity index (χ0v) is 20.3. The van der Waals surface area contributed by atoms with Gasteiger partial charge in [0.25, 0.3) is 11.8 Å². The highest BCUT2D eigenvalue weighted by atomic mass is 16.6. The molecule has 0 heterocycles. The fourth-order valence-electron chi connectivity index (χ4n) is 3.19. The van der Waals surface area contributed by atoms with Crippen LogP contribution in [0.4, 0.5) is 11.4 Å². The molecule has 0 fully saturated rings. The van der Waals surface area contributed by atoms with Gasteiger partial charge in [0, 0.05) is 37.0 Å². The lowest BCUT2D eigenvalue weighted by molar-refractivity contribution is -0.386. The molecular formula is C26H25N5O6. The molecule has 0 aromatic heterocycles. The largest absolute Gasteiger partial charge is 0.500 e. The number of nitrogens with one attached hydrogen (secondary N) is 2. The van der Waals surface area contributed by atoms with Gasteiger partial charge >= 0.3 is 5.69 Å². The molecule has 0 bridgehead atoms. The van der Waals surface area contributed by atoms with Crippen LogP contribution in [0.1, 0.15) is 21.5 Å². The fourth-order valence-corrected chi connectivity index (χ4v) is 3.19. The lowest BCUT2D eigenvalue weighted by Crippen LogP contribution is -2.32. The van der Waals surface area contributed by atoms with E-state index < -0.39 is 28.2 Å². The average molecular weight is 504 g/mol. The Balaban J connectivity index is 1.86. The number of hydrazone groups is 1. The Morgan fingerprint density at radius 1 is 1.05 bits per heavy atom. The Kier molecular flexibility index (Phi) is 8.55. The number of rotatable bonds is 9. The Morgan fingerprint density at radius 3 is 2.32 bits per heavy atom. The maximum atomic E-state index is 12.9. The van der Waals surface area contributed by atoms with Gasteiger partial charge in [0.15, 0.2) is 5.75 Å². The van der Waals surface area contributed by atoms with Gasteiger partial charge in [0.1, 0.15) is 5.70 Å². The van der Waals surface area contributed by atoms with Gasteiger partial charge in [-0.25, -0.2) is 5.43 Å². The summed E-state index contributed by atoms with van der Waals surface area (Å²) in [4.78, 5) is 38.0. The van der Waals surface area contributed by atoms with Gasteiger partial charge in [0.05, 0.1) is 18.2 Å². The number of benzene rings is 3. The van der Waals surface area contributed by atoms with Crippen molar-refractivity contribution in [3.05, 3.63) is 99.2 Å². The highest BCUT2D eigenvalue weighted by molar-refractivity contribution is 6.05. The number of amides is 2. The first-order chi connectivity index (χ1) is 17.7. The number of hydrogen-bond acceptors (Lipinski definition) is 8. The van der Waals surface area contributed by atoms with Crippen LogP contribution in [0.2, 0.25) is 0 Å². The van der Waals surface area contributed by atoms with Gasteiger partial charge in [-0.3, -0.25) is 19.7 Å². The molecule has 11 nitrogen and oxygen atoms in total. The summed E-state index contributed by atoms with van der Waals surface area (Å²) in [5.74, 6) is -1.96. The van der Waals surface area contributed by atoms with E-state index in [1.807, 2.05) is 31.1 Å². The predicted molar refractivity (Wildman–Crippen MR) is 140 cm³/mol. The minimum atomic E-state index is -0.769. The number of ether oxygens (including phenoxy) is 1. The molecule has 0 unspecified atom stereocenters. The number of anilines is 1. The second kappa shape index (κ2) is 12.0. The van der Waals surface area contributed by atoms with Crippen LogP contribution in [0, 0.1) is 10.1 Å². The standard InChI is InChI=1S/C26H25N5O6/c1-30(2)20-11-9-17(10-12-20)13-21(28-25(33)19-7-5-4-6-8-19)26(34)29-27-16-18-14-22(31(35)36)24(32)23(15-18)37-3/h4-16,32H,1-3H3,(H,28,33)(H,29,34)/b21-13+,27-16+. The molecule has 3 aromatic rings. The summed E-state index contributed by atoms with van der Waals surface area (Å²) in [6.07, 6.45) is 2.65. The van der Waals surface area contributed by atoms with Crippen molar-refractivity contribution in [2.75, 3.05) is 26.1 Å². The van der Waals surface area contributed by atoms with Crippen molar-refractivity contribution in [2.24, 2.45) is 5.10 Å². The number of nitro benzene ring substituents is 1. The number of carbonyl (C=O) groups excluding carboxylic acids is 2. The van der Waals surface area contributed by atoms with Crippen molar-refractivity contribution in [1.82, 2.24) is 10.7 Å². The Bertz CT molecular complexity index is 1350. The summed E-state index contributed by atoms with van der Waals surface area (Å²) in [7, 11) is 5.05. The van der Waals surface area contributed by atoms with Gasteiger partial charge in [-0.1, -0.05) is 30.3 Å². The second-order valence-electron chi connectivity index (χ2n) is 7.91. The van der Waals surface area contributed by atoms with Crippen molar-refractivity contribution in [1.29, 1.82) is 0 Å². The normalized spacial score (nSPS) is 11.2. The molecule has 3 N–H and O–H groups in total. The van der Waals surface area contributed by atoms with Crippen molar-refractivity contribution < 1.29 is 24.4 Å². The number of nitro groups is 1. The first-order valence-electron chi connectivity index (χ1n) is 10.9. The summed E-state index contributed by atoms with van der Waals surface area (Å²) in [5, 5.41) is 27.5. The van der Waals surface area contributed by atoms with Crippen LogP contribution in [0.15, 0.2) is 77.5 Å². The van der Waals surface area contributed by atoms with Gasteiger partial charge < -0.3 is 20.1 Å². The Hall–Kier alpha value is -5.19. The molecule has 0 spiro atoms. The van der Waals surface area contributed by atoms with E-state index in [2.05, 4.69) is 15.8 Å². The molecule has 37 heavy (non-hydrogen) atoms. The predicted octanol–water partition coefficient (Wildman–Crippen LogP) is 3.30. The second-order valence-corrected chi connectivity index (χ2v) is 7.91. The Morgan fingerprint density at radius 2 is 1.73 bits per heavy atom. The molecule has 0 radical (unpaired) electrons. The van der Waals surface area contributed by atoms with E-state index >= 15 is 0 Å². The first-order valence-corrected chi connectivity index (χ1v) is 10.9. The SMILES string of the molecule is COc1cc(/C=N/NC(=O)/C(=C\c2ccc(N(C)C)cc2)NC(=O)c2ccccc2)cc([N+](=O)[O-])c1O. The minimum absolute atomic E-state index is 0.0714. The summed E-state index contributed by atoms with van der Waals surface area (Å²) in [6.45, 7) is 0. The third-order valence-corrected chi connectivity index (χ3v) is 5.12. The van der Waals surface area contributed by atoms with E-state index in [1.165, 1.54) is 19.3 Å². The number of phenolic OH excluding ortho intramolecular Hbond substituents is 1. The van der Waals surface area contributed by atoms with Crippen molar-refractivity contribution in [2.45, 2.75) is 0 Å². The lowest BCUT2D eigenvalue weighted by Gasteiger charge is -2.12. The van der Waals surface area contributed by atoms with Crippen molar-refractivity contribution in [3.63, 3.8) is 0 Å². The molecular weight excluding hydrogens is 478 g/mol. The lowest BCUT2D eigenvalue weighted by atomic mass is 10.1. The molecule has 190 valence electrons. The third kappa shape index (κ3) is 6.92. The smallest absolute Gasteiger partial charge is 0.315 e. The zero-order chi connectivity index (χ0) is 26.9. The van der Waals surface area contributed by atoms with E-state index in [4.69, 9.17) is 4.74 Å². The molecule has 2 amide bonds. The topological polar surface area (TPSA) is 146 Å². The maximum Gasteiger partial charge on any atom is 0.315 e. The van der Waals surface area contributed by atoms with E-state index in [0.29, 0.717) is 11.1 Å². The average Bonchev–Trinajstić information content (AvgIpc) is 2.89. The van der Waals surface area contributed by atoms with Crippen LogP contribution in [0.25, 0.3) is 6.08 Å². The van der Waals surface area contributed by atoms with Crippen molar-refractivity contribution in [3.8, 4) is 11.5 Å². The molecule has 0 aliphatic heterocycles. The van der Waals surface area contributed by atoms with E-state index in [1.54, 1.807) is 42.5 Å². The summed E-state index contributed by atoms with van der Waals surface area (Å²) in [5.41, 5.74) is 3.82. The van der Waals surface area contributed by atoms with Gasteiger partial charge in [0.2, 0.25) is 5.75 Å². The summed E-state index contributed by atoms with van der Waals surface area (Å²) >= 11 is 0. The summed E-state index contributed by atoms with van der Waals surface area (Å²) < 4.78 is 4.95. The van der Waals surface area contributed by atoms with Crippen LogP contribution in [-0.2, 0) is 4.79 Å². The molecule has 0 saturated heterocycles. The van der Waals surface area contributed by atoms with Crippen LogP contribution in [-0.4, -0.2) is 49.3 Å². The van der Waals surface area contributed by atoms with E-state index in [-0.39, 0.29) is 17.0 Å². The van der Waals surface area contributed by atoms with Crippen LogP contribution in [0.3, 0.4) is 0 Å². The first kappa shape index (κ1) is 26.4. The van der Waals surface area contributed by atoms with Crippen LogP contribution in [0.5, 0.6) is 11.5 Å².